The highest BCUT2D eigenvalue weighted by Crippen LogP contribution is 2.27. The molecular formula is C14H15N3O2S. The molecule has 1 saturated carbocycles. The van der Waals surface area contributed by atoms with Crippen molar-refractivity contribution >= 4 is 10.0 Å². The van der Waals surface area contributed by atoms with Gasteiger partial charge in [-0.2, -0.15) is 0 Å². The molecular weight excluding hydrogens is 274 g/mol. The van der Waals surface area contributed by atoms with Crippen molar-refractivity contribution in [1.29, 1.82) is 0 Å². The number of nitrogens with one attached hydrogen (secondary N) is 1. The zero-order chi connectivity index (χ0) is 14.0. The fourth-order valence-corrected chi connectivity index (χ4v) is 3.27. The minimum atomic E-state index is -3.17. The van der Waals surface area contributed by atoms with E-state index in [0.29, 0.717) is 5.69 Å². The second kappa shape index (κ2) is 5.30. The first kappa shape index (κ1) is 13.2. The van der Waals surface area contributed by atoms with Crippen molar-refractivity contribution < 1.29 is 8.42 Å². The largest absolute Gasteiger partial charge is 0.240 e. The highest BCUT2D eigenvalue weighted by molar-refractivity contribution is 7.90. The van der Waals surface area contributed by atoms with Gasteiger partial charge in [0.1, 0.15) is 6.33 Å². The van der Waals surface area contributed by atoms with E-state index in [2.05, 4.69) is 14.7 Å². The molecule has 5 nitrogen and oxygen atoms in total. The predicted molar refractivity (Wildman–Crippen MR) is 76.2 cm³/mol. The molecule has 1 aliphatic rings. The Morgan fingerprint density at radius 3 is 2.60 bits per heavy atom. The third-order valence-electron chi connectivity index (χ3n) is 3.21. The standard InChI is InChI=1S/C14H15N3O2S/c18-20(19,13-6-7-13)17-9-12-8-14(16-10-15-12)11-4-2-1-3-5-11/h1-5,8,10,13,17H,6-7,9H2. The molecule has 0 unspecified atom stereocenters. The van der Waals surface area contributed by atoms with E-state index in [1.54, 1.807) is 0 Å². The maximum Gasteiger partial charge on any atom is 0.214 e. The van der Waals surface area contributed by atoms with Crippen LogP contribution in [0.1, 0.15) is 18.5 Å². The molecule has 0 radical (unpaired) electrons. The first-order chi connectivity index (χ1) is 9.65. The summed E-state index contributed by atoms with van der Waals surface area (Å²) in [6, 6.07) is 11.5. The van der Waals surface area contributed by atoms with Crippen LogP contribution >= 0.6 is 0 Å². The minimum absolute atomic E-state index is 0.210. The summed E-state index contributed by atoms with van der Waals surface area (Å²) in [6.07, 6.45) is 2.98. The molecule has 0 saturated heterocycles. The van der Waals surface area contributed by atoms with Gasteiger partial charge in [0.2, 0.25) is 10.0 Å². The van der Waals surface area contributed by atoms with Crippen molar-refractivity contribution in [1.82, 2.24) is 14.7 Å². The van der Waals surface area contributed by atoms with Crippen LogP contribution in [0.3, 0.4) is 0 Å². The minimum Gasteiger partial charge on any atom is -0.240 e. The summed E-state index contributed by atoms with van der Waals surface area (Å²) in [6.45, 7) is 0.210. The van der Waals surface area contributed by atoms with Gasteiger partial charge in [-0.15, -0.1) is 0 Å². The first-order valence-electron chi connectivity index (χ1n) is 6.50. The van der Waals surface area contributed by atoms with Gasteiger partial charge in [0, 0.05) is 5.56 Å². The van der Waals surface area contributed by atoms with Crippen LogP contribution in [-0.4, -0.2) is 23.6 Å². The zero-order valence-corrected chi connectivity index (χ0v) is 11.7. The van der Waals surface area contributed by atoms with E-state index in [0.717, 1.165) is 24.1 Å². The maximum atomic E-state index is 11.8. The van der Waals surface area contributed by atoms with Crippen molar-refractivity contribution in [3.8, 4) is 11.3 Å². The lowest BCUT2D eigenvalue weighted by atomic mass is 10.1. The summed E-state index contributed by atoms with van der Waals surface area (Å²) in [5.41, 5.74) is 2.45. The highest BCUT2D eigenvalue weighted by Gasteiger charge is 2.35. The second-order valence-electron chi connectivity index (χ2n) is 4.83. The Hall–Kier alpha value is -1.79. The number of nitrogens with zero attached hydrogens (tertiary/aromatic N) is 2. The summed E-state index contributed by atoms with van der Waals surface area (Å²) >= 11 is 0. The molecule has 0 bridgehead atoms. The summed E-state index contributed by atoms with van der Waals surface area (Å²) in [5.74, 6) is 0. The van der Waals surface area contributed by atoms with Gasteiger partial charge in [-0.25, -0.2) is 23.1 Å². The molecule has 3 rings (SSSR count). The Balaban J connectivity index is 1.75. The normalized spacial score (nSPS) is 15.2. The molecule has 0 atom stereocenters. The molecule has 0 spiro atoms. The Kier molecular flexibility index (Phi) is 3.50. The Labute approximate surface area is 118 Å². The van der Waals surface area contributed by atoms with Crippen molar-refractivity contribution in [2.75, 3.05) is 0 Å². The molecule has 104 valence electrons. The molecule has 1 aromatic heterocycles. The lowest BCUT2D eigenvalue weighted by molar-refractivity contribution is 0.579. The molecule has 2 aromatic rings. The Morgan fingerprint density at radius 1 is 1.15 bits per heavy atom. The average Bonchev–Trinajstić information content (AvgIpc) is 3.32. The summed E-state index contributed by atoms with van der Waals surface area (Å²) in [4.78, 5) is 8.32. The average molecular weight is 289 g/mol. The van der Waals surface area contributed by atoms with Crippen molar-refractivity contribution in [3.63, 3.8) is 0 Å². The van der Waals surface area contributed by atoms with E-state index in [4.69, 9.17) is 0 Å². The molecule has 1 heterocycles. The molecule has 1 aromatic carbocycles. The number of benzene rings is 1. The van der Waals surface area contributed by atoms with E-state index in [1.165, 1.54) is 6.33 Å². The summed E-state index contributed by atoms with van der Waals surface area (Å²) in [5, 5.41) is -0.210. The van der Waals surface area contributed by atoms with E-state index in [9.17, 15) is 8.42 Å². The van der Waals surface area contributed by atoms with E-state index in [1.807, 2.05) is 36.4 Å². The van der Waals surface area contributed by atoms with Crippen molar-refractivity contribution in [2.45, 2.75) is 24.6 Å². The van der Waals surface area contributed by atoms with Crippen LogP contribution in [0.15, 0.2) is 42.7 Å². The molecule has 1 N–H and O–H groups in total. The van der Waals surface area contributed by atoms with E-state index >= 15 is 0 Å². The van der Waals surface area contributed by atoms with Gasteiger partial charge < -0.3 is 0 Å². The van der Waals surface area contributed by atoms with Crippen LogP contribution in [0.2, 0.25) is 0 Å². The molecule has 20 heavy (non-hydrogen) atoms. The van der Waals surface area contributed by atoms with Crippen LogP contribution in [0.4, 0.5) is 0 Å². The zero-order valence-electron chi connectivity index (χ0n) is 10.9. The number of rotatable bonds is 5. The topological polar surface area (TPSA) is 72.0 Å². The van der Waals surface area contributed by atoms with Gasteiger partial charge >= 0.3 is 0 Å². The summed E-state index contributed by atoms with van der Waals surface area (Å²) < 4.78 is 26.1. The third kappa shape index (κ3) is 3.02. The van der Waals surface area contributed by atoms with Crippen LogP contribution < -0.4 is 4.72 Å². The van der Waals surface area contributed by atoms with Crippen molar-refractivity contribution in [3.05, 3.63) is 48.4 Å². The van der Waals surface area contributed by atoms with Crippen LogP contribution in [-0.2, 0) is 16.6 Å². The fraction of sp³-hybridized carbons (Fsp3) is 0.286. The van der Waals surface area contributed by atoms with Gasteiger partial charge in [-0.1, -0.05) is 30.3 Å². The molecule has 1 aliphatic carbocycles. The fourth-order valence-electron chi connectivity index (χ4n) is 1.93. The maximum absolute atomic E-state index is 11.8. The van der Waals surface area contributed by atoms with Crippen LogP contribution in [0.5, 0.6) is 0 Å². The predicted octanol–water partition coefficient (Wildman–Crippen LogP) is 1.73. The molecule has 0 aliphatic heterocycles. The summed E-state index contributed by atoms with van der Waals surface area (Å²) in [7, 11) is -3.17. The van der Waals surface area contributed by atoms with Gasteiger partial charge in [0.25, 0.3) is 0 Å². The lowest BCUT2D eigenvalue weighted by Crippen LogP contribution is -2.27. The van der Waals surface area contributed by atoms with Gasteiger partial charge in [0.05, 0.1) is 23.2 Å². The van der Waals surface area contributed by atoms with Crippen LogP contribution in [0, 0.1) is 0 Å². The highest BCUT2D eigenvalue weighted by atomic mass is 32.2. The van der Waals surface area contributed by atoms with E-state index < -0.39 is 10.0 Å². The molecule has 6 heteroatoms. The van der Waals surface area contributed by atoms with Gasteiger partial charge in [-0.3, -0.25) is 0 Å². The number of sulfonamides is 1. The quantitative estimate of drug-likeness (QED) is 0.909. The first-order valence-corrected chi connectivity index (χ1v) is 8.04. The Bertz CT molecular complexity index is 697. The van der Waals surface area contributed by atoms with Crippen LogP contribution in [0.25, 0.3) is 11.3 Å². The molecule has 1 fully saturated rings. The second-order valence-corrected chi connectivity index (χ2v) is 6.87. The smallest absolute Gasteiger partial charge is 0.214 e. The van der Waals surface area contributed by atoms with Gasteiger partial charge in [0.15, 0.2) is 0 Å². The Morgan fingerprint density at radius 2 is 1.90 bits per heavy atom. The van der Waals surface area contributed by atoms with E-state index in [-0.39, 0.29) is 11.8 Å². The van der Waals surface area contributed by atoms with Crippen molar-refractivity contribution in [2.24, 2.45) is 0 Å². The molecule has 0 amide bonds. The number of hydrogen-bond donors (Lipinski definition) is 1. The SMILES string of the molecule is O=S(=O)(NCc1cc(-c2ccccc2)ncn1)C1CC1. The number of aromatic nitrogens is 2. The third-order valence-corrected chi connectivity index (χ3v) is 5.11. The monoisotopic (exact) mass is 289 g/mol. The number of hydrogen-bond acceptors (Lipinski definition) is 4. The lowest BCUT2D eigenvalue weighted by Gasteiger charge is -2.06. The van der Waals surface area contributed by atoms with Gasteiger partial charge in [-0.05, 0) is 18.9 Å².